The maximum absolute atomic E-state index is 12.2. The lowest BCUT2D eigenvalue weighted by Crippen LogP contribution is -2.49. The fourth-order valence-corrected chi connectivity index (χ4v) is 4.36. The van der Waals surface area contributed by atoms with E-state index in [2.05, 4.69) is 20.9 Å². The SMILES string of the molecule is CCOc1cc2ncc(C(=O)O)c(Nc3cccc(CNC(C(=O)NC)C(C)O)c3CC)c2cc1OCC. The number of anilines is 2. The number of aromatic carboxylic acids is 1. The van der Waals surface area contributed by atoms with E-state index in [-0.39, 0.29) is 11.5 Å². The van der Waals surface area contributed by atoms with Gasteiger partial charge in [-0.25, -0.2) is 4.79 Å². The lowest BCUT2D eigenvalue weighted by atomic mass is 10.0. The number of hydrogen-bond donors (Lipinski definition) is 5. The summed E-state index contributed by atoms with van der Waals surface area (Å²) in [5.74, 6) is -0.385. The first-order valence-electron chi connectivity index (χ1n) is 12.7. The third-order valence-corrected chi connectivity index (χ3v) is 6.17. The molecule has 0 fully saturated rings. The second-order valence-electron chi connectivity index (χ2n) is 8.67. The molecule has 0 radical (unpaired) electrons. The highest BCUT2D eigenvalue weighted by Crippen LogP contribution is 2.38. The Labute approximate surface area is 222 Å². The molecule has 1 amide bonds. The summed E-state index contributed by atoms with van der Waals surface area (Å²) in [6.45, 7) is 8.49. The minimum absolute atomic E-state index is 0.0171. The van der Waals surface area contributed by atoms with Gasteiger partial charge in [-0.15, -0.1) is 0 Å². The number of rotatable bonds is 13. The molecule has 5 N–H and O–H groups in total. The Balaban J connectivity index is 2.08. The number of aliphatic hydroxyl groups excluding tert-OH is 1. The predicted molar refractivity (Wildman–Crippen MR) is 147 cm³/mol. The Bertz CT molecular complexity index is 1290. The van der Waals surface area contributed by atoms with Crippen LogP contribution in [0.15, 0.2) is 36.5 Å². The van der Waals surface area contributed by atoms with E-state index in [1.165, 1.54) is 13.2 Å². The van der Waals surface area contributed by atoms with Crippen LogP contribution in [0.3, 0.4) is 0 Å². The van der Waals surface area contributed by atoms with Crippen LogP contribution in [0.2, 0.25) is 0 Å². The number of carbonyl (C=O) groups is 2. The van der Waals surface area contributed by atoms with Crippen LogP contribution in [0, 0.1) is 0 Å². The molecule has 0 spiro atoms. The molecule has 2 unspecified atom stereocenters. The van der Waals surface area contributed by atoms with Crippen molar-refractivity contribution in [2.45, 2.75) is 52.8 Å². The monoisotopic (exact) mass is 524 g/mol. The first-order chi connectivity index (χ1) is 18.2. The smallest absolute Gasteiger partial charge is 0.339 e. The van der Waals surface area contributed by atoms with Gasteiger partial charge in [0.05, 0.1) is 30.5 Å². The fourth-order valence-electron chi connectivity index (χ4n) is 4.36. The molecule has 0 bridgehead atoms. The summed E-state index contributed by atoms with van der Waals surface area (Å²) in [5, 5.41) is 29.6. The van der Waals surface area contributed by atoms with E-state index in [4.69, 9.17) is 9.47 Å². The third kappa shape index (κ3) is 6.32. The van der Waals surface area contributed by atoms with Crippen molar-refractivity contribution in [3.8, 4) is 11.5 Å². The van der Waals surface area contributed by atoms with Gasteiger partial charge in [0, 0.05) is 36.9 Å². The maximum atomic E-state index is 12.2. The molecule has 3 aromatic rings. The molecule has 2 aromatic carbocycles. The van der Waals surface area contributed by atoms with Gasteiger partial charge in [-0.05, 0) is 50.5 Å². The van der Waals surface area contributed by atoms with E-state index in [0.29, 0.717) is 54.3 Å². The van der Waals surface area contributed by atoms with E-state index in [1.807, 2.05) is 39.0 Å². The summed E-state index contributed by atoms with van der Waals surface area (Å²) in [6.07, 6.45) is 1.09. The summed E-state index contributed by atoms with van der Waals surface area (Å²) in [6, 6.07) is 8.39. The van der Waals surface area contributed by atoms with E-state index in [1.54, 1.807) is 19.1 Å². The number of amides is 1. The molecular weight excluding hydrogens is 488 g/mol. The highest BCUT2D eigenvalue weighted by molar-refractivity contribution is 6.06. The van der Waals surface area contributed by atoms with Gasteiger partial charge in [0.1, 0.15) is 11.6 Å². The normalized spacial score (nSPS) is 12.6. The molecule has 1 heterocycles. The summed E-state index contributed by atoms with van der Waals surface area (Å²) in [4.78, 5) is 28.7. The molecule has 0 saturated carbocycles. The van der Waals surface area contributed by atoms with Crippen LogP contribution in [0.5, 0.6) is 11.5 Å². The molecule has 0 aliphatic carbocycles. The highest BCUT2D eigenvalue weighted by Gasteiger charge is 2.23. The molecular formula is C28H36N4O6. The highest BCUT2D eigenvalue weighted by atomic mass is 16.5. The van der Waals surface area contributed by atoms with Gasteiger partial charge in [0.2, 0.25) is 5.91 Å². The van der Waals surface area contributed by atoms with Crippen molar-refractivity contribution in [3.63, 3.8) is 0 Å². The number of aliphatic hydroxyl groups is 1. The van der Waals surface area contributed by atoms with Gasteiger partial charge in [-0.3, -0.25) is 15.1 Å². The number of aromatic nitrogens is 1. The average molecular weight is 525 g/mol. The molecule has 38 heavy (non-hydrogen) atoms. The Morgan fingerprint density at radius 3 is 2.34 bits per heavy atom. The number of ether oxygens (including phenoxy) is 2. The summed E-state index contributed by atoms with van der Waals surface area (Å²) < 4.78 is 11.5. The molecule has 3 rings (SSSR count). The molecule has 2 atom stereocenters. The lowest BCUT2D eigenvalue weighted by Gasteiger charge is -2.22. The Kier molecular flexibility index (Phi) is 9.86. The molecule has 0 saturated heterocycles. The van der Waals surface area contributed by atoms with Gasteiger partial charge >= 0.3 is 5.97 Å². The molecule has 10 heteroatoms. The van der Waals surface area contributed by atoms with Crippen molar-refractivity contribution in [1.29, 1.82) is 0 Å². The standard InChI is InChI=1S/C28H36N4O6/c1-6-18-17(14-31-25(16(4)33)27(34)29-5)10-9-11-21(18)32-26-19-12-23(37-7-2)24(38-8-3)13-22(19)30-15-20(26)28(35)36/h9-13,15-16,25,31,33H,6-8,14H2,1-5H3,(H,29,34)(H,30,32)(H,35,36). The van der Waals surface area contributed by atoms with E-state index < -0.39 is 18.1 Å². The Morgan fingerprint density at radius 2 is 1.76 bits per heavy atom. The molecule has 10 nitrogen and oxygen atoms in total. The minimum Gasteiger partial charge on any atom is -0.490 e. The van der Waals surface area contributed by atoms with Crippen molar-refractivity contribution in [2.75, 3.05) is 25.6 Å². The number of carboxylic acid groups (broad SMARTS) is 1. The zero-order chi connectivity index (χ0) is 27.8. The number of nitrogens with zero attached hydrogens (tertiary/aromatic N) is 1. The molecule has 204 valence electrons. The second-order valence-corrected chi connectivity index (χ2v) is 8.67. The lowest BCUT2D eigenvalue weighted by molar-refractivity contribution is -0.125. The van der Waals surface area contributed by atoms with Crippen LogP contribution in [-0.4, -0.2) is 59.5 Å². The van der Waals surface area contributed by atoms with E-state index in [0.717, 1.165) is 16.8 Å². The number of benzene rings is 2. The number of carbonyl (C=O) groups excluding carboxylic acids is 1. The van der Waals surface area contributed by atoms with Crippen LogP contribution in [-0.2, 0) is 17.8 Å². The first kappa shape index (κ1) is 28.7. The van der Waals surface area contributed by atoms with Gasteiger partial charge in [-0.2, -0.15) is 0 Å². The number of likely N-dealkylation sites (N-methyl/N-ethyl adjacent to an activating group) is 1. The van der Waals surface area contributed by atoms with Crippen molar-refractivity contribution >= 4 is 34.2 Å². The number of nitrogens with one attached hydrogen (secondary N) is 3. The first-order valence-corrected chi connectivity index (χ1v) is 12.7. The molecule has 0 aliphatic heterocycles. The minimum atomic E-state index is -1.12. The Morgan fingerprint density at radius 1 is 1.08 bits per heavy atom. The fraction of sp³-hybridized carbons (Fsp3) is 0.393. The number of hydrogen-bond acceptors (Lipinski definition) is 8. The van der Waals surface area contributed by atoms with Gasteiger partial charge in [-0.1, -0.05) is 19.1 Å². The zero-order valence-electron chi connectivity index (χ0n) is 22.4. The maximum Gasteiger partial charge on any atom is 0.339 e. The quantitative estimate of drug-likeness (QED) is 0.227. The predicted octanol–water partition coefficient (Wildman–Crippen LogP) is 3.62. The largest absolute Gasteiger partial charge is 0.490 e. The summed E-state index contributed by atoms with van der Waals surface area (Å²) >= 11 is 0. The van der Waals surface area contributed by atoms with Crippen LogP contribution in [0.1, 0.15) is 49.2 Å². The average Bonchev–Trinajstić information content (AvgIpc) is 2.89. The molecule has 0 aliphatic rings. The van der Waals surface area contributed by atoms with Crippen LogP contribution >= 0.6 is 0 Å². The number of carboxylic acids is 1. The van der Waals surface area contributed by atoms with Gasteiger partial charge < -0.3 is 30.3 Å². The number of fused-ring (bicyclic) bond motifs is 1. The molecule has 1 aromatic heterocycles. The zero-order valence-corrected chi connectivity index (χ0v) is 22.4. The Hall–Kier alpha value is -3.89. The van der Waals surface area contributed by atoms with Crippen LogP contribution in [0.25, 0.3) is 10.9 Å². The number of pyridine rings is 1. The second kappa shape index (κ2) is 13.1. The van der Waals surface area contributed by atoms with Crippen LogP contribution < -0.4 is 25.4 Å². The van der Waals surface area contributed by atoms with Crippen molar-refractivity contribution in [2.24, 2.45) is 0 Å². The van der Waals surface area contributed by atoms with Crippen molar-refractivity contribution in [1.82, 2.24) is 15.6 Å². The van der Waals surface area contributed by atoms with E-state index in [9.17, 15) is 19.8 Å². The van der Waals surface area contributed by atoms with E-state index >= 15 is 0 Å². The summed E-state index contributed by atoms with van der Waals surface area (Å²) in [7, 11) is 1.52. The van der Waals surface area contributed by atoms with Crippen molar-refractivity contribution in [3.05, 3.63) is 53.2 Å². The van der Waals surface area contributed by atoms with Crippen molar-refractivity contribution < 1.29 is 29.3 Å². The third-order valence-electron chi connectivity index (χ3n) is 6.17. The summed E-state index contributed by atoms with van der Waals surface area (Å²) in [5.41, 5.74) is 3.55. The van der Waals surface area contributed by atoms with Crippen LogP contribution in [0.4, 0.5) is 11.4 Å². The van der Waals surface area contributed by atoms with Gasteiger partial charge in [0.15, 0.2) is 11.5 Å². The van der Waals surface area contributed by atoms with Gasteiger partial charge in [0.25, 0.3) is 0 Å². The topological polar surface area (TPSA) is 142 Å².